The molecule has 0 unspecified atom stereocenters. The number of aryl methyl sites for hydroxylation is 1. The summed E-state index contributed by atoms with van der Waals surface area (Å²) in [6.45, 7) is 1.65. The number of para-hydroxylation sites is 1. The lowest BCUT2D eigenvalue weighted by molar-refractivity contribution is -0.124. The Kier molecular flexibility index (Phi) is 5.04. The van der Waals surface area contributed by atoms with Crippen LogP contribution in [0, 0.1) is 18.3 Å². The topological polar surface area (TPSA) is 92.1 Å². The Balaban J connectivity index is 2.07. The normalized spacial score (nSPS) is 10.0. The molecule has 0 saturated carbocycles. The van der Waals surface area contributed by atoms with Gasteiger partial charge in [-0.05, 0) is 19.1 Å². The summed E-state index contributed by atoms with van der Waals surface area (Å²) < 4.78 is 5.02. The van der Waals surface area contributed by atoms with Gasteiger partial charge in [-0.1, -0.05) is 18.2 Å². The van der Waals surface area contributed by atoms with Gasteiger partial charge in [0.05, 0.1) is 23.6 Å². The number of carbonyl (C=O) groups excluding carboxylic acids is 2. The van der Waals surface area contributed by atoms with Crippen LogP contribution in [-0.4, -0.2) is 30.0 Å². The summed E-state index contributed by atoms with van der Waals surface area (Å²) in [6.07, 6.45) is 0.216. The fourth-order valence-corrected chi connectivity index (χ4v) is 1.99. The Morgan fingerprint density at radius 1 is 1.36 bits per heavy atom. The van der Waals surface area contributed by atoms with Crippen molar-refractivity contribution in [3.63, 3.8) is 0 Å². The zero-order valence-corrected chi connectivity index (χ0v) is 12.1. The number of pyridine rings is 1. The number of aromatic nitrogens is 1. The molecule has 2 aromatic rings. The van der Waals surface area contributed by atoms with Crippen LogP contribution < -0.4 is 5.32 Å². The van der Waals surface area contributed by atoms with Crippen LogP contribution in [0.15, 0.2) is 30.3 Å². The Hall–Kier alpha value is -2.94. The lowest BCUT2D eigenvalue weighted by Gasteiger charge is -2.08. The van der Waals surface area contributed by atoms with Crippen LogP contribution in [0.5, 0.6) is 0 Å². The van der Waals surface area contributed by atoms with Crippen LogP contribution >= 0.6 is 0 Å². The minimum Gasteiger partial charge on any atom is -0.452 e. The molecular weight excluding hydrogens is 282 g/mol. The number of carbonyl (C=O) groups is 2. The van der Waals surface area contributed by atoms with Crippen LogP contribution in [0.25, 0.3) is 10.9 Å². The molecule has 1 N–H and O–H groups in total. The average molecular weight is 297 g/mol. The van der Waals surface area contributed by atoms with Crippen molar-refractivity contribution in [2.75, 3.05) is 13.2 Å². The zero-order valence-electron chi connectivity index (χ0n) is 12.1. The number of nitriles is 1. The third-order valence-corrected chi connectivity index (χ3v) is 2.96. The number of ether oxygens (including phenoxy) is 1. The second-order valence-corrected chi connectivity index (χ2v) is 4.66. The van der Waals surface area contributed by atoms with E-state index >= 15 is 0 Å². The fraction of sp³-hybridized carbons (Fsp3) is 0.250. The van der Waals surface area contributed by atoms with E-state index in [0.29, 0.717) is 22.2 Å². The first-order chi connectivity index (χ1) is 10.6. The summed E-state index contributed by atoms with van der Waals surface area (Å²) in [6, 6.07) is 10.8. The smallest absolute Gasteiger partial charge is 0.339 e. The molecule has 0 saturated heterocycles. The summed E-state index contributed by atoms with van der Waals surface area (Å²) in [7, 11) is 0. The minimum absolute atomic E-state index is 0.216. The van der Waals surface area contributed by atoms with Crippen LogP contribution in [0.1, 0.15) is 22.5 Å². The standard InChI is InChI=1S/C16H15N3O3/c1-11-9-13(12-5-2-3-6-14(12)19-11)16(21)22-10-15(20)18-8-4-7-17/h2-3,5-6,9H,4,8,10H2,1H3,(H,18,20). The molecule has 1 amide bonds. The van der Waals surface area contributed by atoms with Gasteiger partial charge in [0.15, 0.2) is 6.61 Å². The lowest BCUT2D eigenvalue weighted by atomic mass is 10.1. The molecule has 22 heavy (non-hydrogen) atoms. The minimum atomic E-state index is -0.572. The first-order valence-electron chi connectivity index (χ1n) is 6.79. The molecule has 0 aliphatic carbocycles. The third kappa shape index (κ3) is 3.79. The second kappa shape index (κ2) is 7.18. The van der Waals surface area contributed by atoms with Gasteiger partial charge in [0.25, 0.3) is 5.91 Å². The summed E-state index contributed by atoms with van der Waals surface area (Å²) >= 11 is 0. The van der Waals surface area contributed by atoms with Crippen molar-refractivity contribution in [2.45, 2.75) is 13.3 Å². The maximum absolute atomic E-state index is 12.2. The SMILES string of the molecule is Cc1cc(C(=O)OCC(=O)NCCC#N)c2ccccc2n1. The summed E-state index contributed by atoms with van der Waals surface area (Å²) in [5.41, 5.74) is 1.78. The highest BCUT2D eigenvalue weighted by atomic mass is 16.5. The molecule has 6 nitrogen and oxygen atoms in total. The van der Waals surface area contributed by atoms with Crippen LogP contribution in [0.2, 0.25) is 0 Å². The van der Waals surface area contributed by atoms with Gasteiger partial charge < -0.3 is 10.1 Å². The molecule has 0 spiro atoms. The quantitative estimate of drug-likeness (QED) is 0.670. The van der Waals surface area contributed by atoms with Crippen molar-refractivity contribution < 1.29 is 14.3 Å². The molecule has 0 radical (unpaired) electrons. The maximum atomic E-state index is 12.2. The van der Waals surface area contributed by atoms with Gasteiger partial charge in [-0.3, -0.25) is 9.78 Å². The molecule has 1 aromatic heterocycles. The average Bonchev–Trinajstić information content (AvgIpc) is 2.52. The van der Waals surface area contributed by atoms with E-state index in [-0.39, 0.29) is 19.6 Å². The number of fused-ring (bicyclic) bond motifs is 1. The highest BCUT2D eigenvalue weighted by molar-refractivity contribution is 6.04. The van der Waals surface area contributed by atoms with Gasteiger partial charge in [0, 0.05) is 17.6 Å². The van der Waals surface area contributed by atoms with Gasteiger partial charge in [-0.2, -0.15) is 5.26 Å². The summed E-state index contributed by atoms with van der Waals surface area (Å²) in [5, 5.41) is 11.6. The molecule has 0 aliphatic heterocycles. The lowest BCUT2D eigenvalue weighted by Crippen LogP contribution is -2.29. The number of rotatable bonds is 5. The number of amides is 1. The van der Waals surface area contributed by atoms with E-state index in [0.717, 1.165) is 0 Å². The van der Waals surface area contributed by atoms with Crippen LogP contribution in [-0.2, 0) is 9.53 Å². The molecule has 112 valence electrons. The first-order valence-corrected chi connectivity index (χ1v) is 6.79. The molecule has 0 bridgehead atoms. The number of benzene rings is 1. The first kappa shape index (κ1) is 15.4. The predicted molar refractivity (Wildman–Crippen MR) is 80.0 cm³/mol. The van der Waals surface area contributed by atoms with E-state index in [4.69, 9.17) is 10.00 Å². The molecule has 6 heteroatoms. The third-order valence-electron chi connectivity index (χ3n) is 2.96. The Morgan fingerprint density at radius 3 is 2.91 bits per heavy atom. The molecule has 0 atom stereocenters. The van der Waals surface area contributed by atoms with Crippen molar-refractivity contribution in [3.05, 3.63) is 41.6 Å². The summed E-state index contributed by atoms with van der Waals surface area (Å²) in [5.74, 6) is -1.00. The molecule has 2 rings (SSSR count). The largest absolute Gasteiger partial charge is 0.452 e. The zero-order chi connectivity index (χ0) is 15.9. The Bertz CT molecular complexity index is 750. The van der Waals surface area contributed by atoms with Gasteiger partial charge in [-0.25, -0.2) is 4.79 Å². The van der Waals surface area contributed by atoms with E-state index < -0.39 is 11.9 Å². The number of esters is 1. The fourth-order valence-electron chi connectivity index (χ4n) is 1.99. The number of nitrogens with one attached hydrogen (secondary N) is 1. The number of hydrogen-bond acceptors (Lipinski definition) is 5. The van der Waals surface area contributed by atoms with E-state index in [1.54, 1.807) is 19.1 Å². The van der Waals surface area contributed by atoms with Crippen LogP contribution in [0.4, 0.5) is 0 Å². The Morgan fingerprint density at radius 2 is 2.14 bits per heavy atom. The van der Waals surface area contributed by atoms with E-state index in [1.807, 2.05) is 24.3 Å². The number of nitrogens with zero attached hydrogens (tertiary/aromatic N) is 2. The molecule has 1 aromatic carbocycles. The highest BCUT2D eigenvalue weighted by Gasteiger charge is 2.14. The summed E-state index contributed by atoms with van der Waals surface area (Å²) in [4.78, 5) is 28.0. The van der Waals surface area contributed by atoms with E-state index in [1.165, 1.54) is 0 Å². The Labute approximate surface area is 127 Å². The molecule has 0 aliphatic rings. The van der Waals surface area contributed by atoms with Crippen molar-refractivity contribution >= 4 is 22.8 Å². The van der Waals surface area contributed by atoms with Crippen LogP contribution in [0.3, 0.4) is 0 Å². The monoisotopic (exact) mass is 297 g/mol. The molecular formula is C16H15N3O3. The van der Waals surface area contributed by atoms with Crippen molar-refractivity contribution in [1.82, 2.24) is 10.3 Å². The van der Waals surface area contributed by atoms with Crippen molar-refractivity contribution in [1.29, 1.82) is 5.26 Å². The highest BCUT2D eigenvalue weighted by Crippen LogP contribution is 2.18. The van der Waals surface area contributed by atoms with E-state index in [9.17, 15) is 9.59 Å². The second-order valence-electron chi connectivity index (χ2n) is 4.66. The van der Waals surface area contributed by atoms with E-state index in [2.05, 4.69) is 10.3 Å². The van der Waals surface area contributed by atoms with Gasteiger partial charge in [-0.15, -0.1) is 0 Å². The van der Waals surface area contributed by atoms with Gasteiger partial charge >= 0.3 is 5.97 Å². The van der Waals surface area contributed by atoms with Gasteiger partial charge in [0.2, 0.25) is 0 Å². The molecule has 1 heterocycles. The van der Waals surface area contributed by atoms with Crippen molar-refractivity contribution in [2.24, 2.45) is 0 Å². The number of hydrogen-bond donors (Lipinski definition) is 1. The predicted octanol–water partition coefficient (Wildman–Crippen LogP) is 1.73. The van der Waals surface area contributed by atoms with Crippen molar-refractivity contribution in [3.8, 4) is 6.07 Å². The molecule has 0 fully saturated rings. The van der Waals surface area contributed by atoms with Gasteiger partial charge in [0.1, 0.15) is 0 Å². The maximum Gasteiger partial charge on any atom is 0.339 e.